The molecule has 2 aliphatic heterocycles. The summed E-state index contributed by atoms with van der Waals surface area (Å²) in [6.45, 7) is 5.33. The van der Waals surface area contributed by atoms with Crippen LogP contribution in [0.15, 0.2) is 30.3 Å². The van der Waals surface area contributed by atoms with E-state index in [-0.39, 0.29) is 32.9 Å². The summed E-state index contributed by atoms with van der Waals surface area (Å²) in [5.41, 5.74) is 1.87. The average molecular weight is 510 g/mol. The number of hydrogen-bond acceptors (Lipinski definition) is 6. The van der Waals surface area contributed by atoms with Gasteiger partial charge in [-0.25, -0.2) is 4.79 Å². The van der Waals surface area contributed by atoms with Crippen LogP contribution in [-0.2, 0) is 26.4 Å². The second-order valence-corrected chi connectivity index (χ2v) is 9.11. The highest BCUT2D eigenvalue weighted by atomic mass is 32.1. The van der Waals surface area contributed by atoms with Crippen LogP contribution in [0.3, 0.4) is 0 Å². The fourth-order valence-electron chi connectivity index (χ4n) is 4.29. The summed E-state index contributed by atoms with van der Waals surface area (Å²) in [6.07, 6.45) is 0.320. The Morgan fingerprint density at radius 2 is 2.00 bits per heavy atom. The zero-order valence-corrected chi connectivity index (χ0v) is 22.1. The number of anilines is 1. The summed E-state index contributed by atoms with van der Waals surface area (Å²) in [5.74, 6) is 0.238. The van der Waals surface area contributed by atoms with Crippen LogP contribution in [0.2, 0.25) is 0 Å². The molecule has 188 valence electrons. The van der Waals surface area contributed by atoms with Gasteiger partial charge in [0.05, 0.1) is 17.8 Å². The molecule has 2 N–H and O–H groups in total. The molecule has 4 rings (SSSR count). The molecule has 0 saturated carbocycles. The lowest BCUT2D eigenvalue weighted by Crippen LogP contribution is -2.42. The number of nitrogens with zero attached hydrogens (tertiary/aromatic N) is 3. The maximum atomic E-state index is 13.3. The van der Waals surface area contributed by atoms with E-state index < -0.39 is 23.8 Å². The topological polar surface area (TPSA) is 99.8 Å². The first-order chi connectivity index (χ1) is 15.3. The van der Waals surface area contributed by atoms with E-state index in [9.17, 15) is 9.59 Å². The Balaban J connectivity index is 0.00000204. The Bertz CT molecular complexity index is 977. The Morgan fingerprint density at radius 1 is 1.29 bits per heavy atom. The van der Waals surface area contributed by atoms with E-state index in [4.69, 9.17) is 9.47 Å². The SMILES string of the molecule is CN(C)C[C@@H](OC(=O)N1Cc2c(NC(=O)[C@@H]3CCCO3)n[nH]c2C1(C)C)c1ccccc1.S.S. The van der Waals surface area contributed by atoms with E-state index in [2.05, 4.69) is 15.5 Å². The van der Waals surface area contributed by atoms with Crippen LogP contribution in [0.1, 0.15) is 49.6 Å². The Morgan fingerprint density at radius 3 is 2.62 bits per heavy atom. The molecule has 0 radical (unpaired) electrons. The lowest BCUT2D eigenvalue weighted by atomic mass is 10.0. The molecule has 0 bridgehead atoms. The summed E-state index contributed by atoms with van der Waals surface area (Å²) in [7, 11) is 3.89. The highest BCUT2D eigenvalue weighted by Crippen LogP contribution is 2.41. The van der Waals surface area contributed by atoms with Crippen LogP contribution >= 0.6 is 27.0 Å². The number of rotatable bonds is 6. The Hall–Kier alpha value is -2.21. The van der Waals surface area contributed by atoms with Gasteiger partial charge < -0.3 is 19.7 Å². The minimum Gasteiger partial charge on any atom is -0.440 e. The zero-order valence-electron chi connectivity index (χ0n) is 20.1. The van der Waals surface area contributed by atoms with Gasteiger partial charge in [0.15, 0.2) is 5.82 Å². The van der Waals surface area contributed by atoms with Crippen molar-refractivity contribution in [3.8, 4) is 0 Å². The molecule has 2 atom stereocenters. The Kier molecular flexibility index (Phi) is 9.46. The third-order valence-electron chi connectivity index (χ3n) is 6.10. The number of nitrogens with one attached hydrogen (secondary N) is 2. The van der Waals surface area contributed by atoms with Crippen LogP contribution in [0.4, 0.5) is 10.6 Å². The summed E-state index contributed by atoms with van der Waals surface area (Å²) in [4.78, 5) is 29.4. The molecule has 3 heterocycles. The number of ether oxygens (including phenoxy) is 2. The van der Waals surface area contributed by atoms with Gasteiger partial charge in [0.2, 0.25) is 0 Å². The maximum Gasteiger partial charge on any atom is 0.411 e. The molecule has 1 aromatic carbocycles. The van der Waals surface area contributed by atoms with E-state index in [0.29, 0.717) is 31.9 Å². The van der Waals surface area contributed by atoms with E-state index in [1.165, 1.54) is 0 Å². The van der Waals surface area contributed by atoms with Gasteiger partial charge >= 0.3 is 6.09 Å². The summed E-state index contributed by atoms with van der Waals surface area (Å²) in [5, 5.41) is 10.2. The molecular weight excluding hydrogens is 474 g/mol. The van der Waals surface area contributed by atoms with Gasteiger partial charge in [-0.1, -0.05) is 30.3 Å². The van der Waals surface area contributed by atoms with Crippen LogP contribution < -0.4 is 5.32 Å². The van der Waals surface area contributed by atoms with E-state index in [1.807, 2.05) is 63.2 Å². The van der Waals surface area contributed by atoms with Crippen molar-refractivity contribution >= 4 is 44.8 Å². The molecule has 0 aliphatic carbocycles. The van der Waals surface area contributed by atoms with Crippen molar-refractivity contribution in [2.75, 3.05) is 32.6 Å². The third kappa shape index (κ3) is 5.70. The Labute approximate surface area is 214 Å². The average Bonchev–Trinajstić information content (AvgIpc) is 3.47. The number of carbonyl (C=O) groups is 2. The smallest absolute Gasteiger partial charge is 0.411 e. The first kappa shape index (κ1) is 28.0. The van der Waals surface area contributed by atoms with Crippen LogP contribution in [-0.4, -0.2) is 65.3 Å². The lowest BCUT2D eigenvalue weighted by Gasteiger charge is -2.33. The summed E-state index contributed by atoms with van der Waals surface area (Å²) < 4.78 is 11.4. The van der Waals surface area contributed by atoms with E-state index in [1.54, 1.807) is 4.90 Å². The lowest BCUT2D eigenvalue weighted by molar-refractivity contribution is -0.124. The molecule has 1 aromatic heterocycles. The molecule has 2 amide bonds. The second-order valence-electron chi connectivity index (χ2n) is 9.11. The predicted octanol–water partition coefficient (Wildman–Crippen LogP) is 3.24. The molecule has 34 heavy (non-hydrogen) atoms. The van der Waals surface area contributed by atoms with Gasteiger partial charge in [-0.2, -0.15) is 32.1 Å². The number of hydrogen-bond donors (Lipinski definition) is 2. The number of carbonyl (C=O) groups excluding carboxylic acids is 2. The van der Waals surface area contributed by atoms with Crippen molar-refractivity contribution < 1.29 is 19.1 Å². The maximum absolute atomic E-state index is 13.3. The highest BCUT2D eigenvalue weighted by molar-refractivity contribution is 7.59. The molecule has 1 fully saturated rings. The largest absolute Gasteiger partial charge is 0.440 e. The van der Waals surface area contributed by atoms with Crippen molar-refractivity contribution in [2.24, 2.45) is 0 Å². The molecule has 0 unspecified atom stereocenters. The van der Waals surface area contributed by atoms with Crippen molar-refractivity contribution in [1.82, 2.24) is 20.0 Å². The summed E-state index contributed by atoms with van der Waals surface area (Å²) in [6, 6.07) is 9.73. The number of likely N-dealkylation sites (N-methyl/N-ethyl adjacent to an activating group) is 1. The normalized spacial score (nSPS) is 19.1. The number of aromatic nitrogens is 2. The van der Waals surface area contributed by atoms with Gasteiger partial charge in [0.1, 0.15) is 12.2 Å². The van der Waals surface area contributed by atoms with Crippen molar-refractivity contribution in [3.63, 3.8) is 0 Å². The predicted molar refractivity (Wildman–Crippen MR) is 140 cm³/mol. The van der Waals surface area contributed by atoms with Crippen molar-refractivity contribution in [3.05, 3.63) is 47.2 Å². The van der Waals surface area contributed by atoms with Crippen LogP contribution in [0.5, 0.6) is 0 Å². The highest BCUT2D eigenvalue weighted by Gasteiger charge is 2.45. The van der Waals surface area contributed by atoms with Crippen molar-refractivity contribution in [2.45, 2.75) is 51.0 Å². The van der Waals surface area contributed by atoms with Gasteiger partial charge in [0, 0.05) is 18.7 Å². The molecule has 11 heteroatoms. The summed E-state index contributed by atoms with van der Waals surface area (Å²) >= 11 is 0. The van der Waals surface area contributed by atoms with E-state index >= 15 is 0 Å². The second kappa shape index (κ2) is 11.5. The molecule has 0 spiro atoms. The standard InChI is InChI=1S/C23H31N5O4.2H2S/c1-23(2)19-16(20(26-25-19)24-21(29)17-11-8-12-31-17)13-28(23)22(30)32-18(14-27(3)4)15-9-6-5-7-10-15;;/h5-7,9-10,17-18H,8,11-14H2,1-4H3,(H2,24,25,26,29);2*1H2/t17-,18+;;/m0../s1. The van der Waals surface area contributed by atoms with Gasteiger partial charge in [-0.15, -0.1) is 0 Å². The monoisotopic (exact) mass is 509 g/mol. The first-order valence-corrected chi connectivity index (χ1v) is 11.0. The number of benzene rings is 1. The van der Waals surface area contributed by atoms with Gasteiger partial charge in [0.25, 0.3) is 5.91 Å². The number of amides is 2. The minimum atomic E-state index is -0.661. The van der Waals surface area contributed by atoms with Gasteiger partial charge in [-0.3, -0.25) is 14.8 Å². The molecule has 2 aliphatic rings. The van der Waals surface area contributed by atoms with Gasteiger partial charge in [-0.05, 0) is 46.3 Å². The quantitative estimate of drug-likeness (QED) is 0.620. The molecule has 9 nitrogen and oxygen atoms in total. The minimum absolute atomic E-state index is 0. The fourth-order valence-corrected chi connectivity index (χ4v) is 4.29. The van der Waals surface area contributed by atoms with Crippen LogP contribution in [0.25, 0.3) is 0 Å². The third-order valence-corrected chi connectivity index (χ3v) is 6.10. The molecule has 1 saturated heterocycles. The number of fused-ring (bicyclic) bond motifs is 1. The first-order valence-electron chi connectivity index (χ1n) is 11.0. The number of H-pyrrole nitrogens is 1. The fraction of sp³-hybridized carbons (Fsp3) is 0.522. The number of aromatic amines is 1. The zero-order chi connectivity index (χ0) is 22.9. The van der Waals surface area contributed by atoms with Crippen molar-refractivity contribution in [1.29, 1.82) is 0 Å². The van der Waals surface area contributed by atoms with Crippen LogP contribution in [0, 0.1) is 0 Å². The molecule has 2 aromatic rings. The van der Waals surface area contributed by atoms with E-state index in [0.717, 1.165) is 23.2 Å². The molecular formula is C23H35N5O4S2.